The van der Waals surface area contributed by atoms with Gasteiger partial charge in [0.2, 0.25) is 0 Å². The van der Waals surface area contributed by atoms with Gasteiger partial charge in [-0.3, -0.25) is 4.79 Å². The first-order valence-corrected chi connectivity index (χ1v) is 6.61. The molecule has 0 unspecified atom stereocenters. The van der Waals surface area contributed by atoms with E-state index in [9.17, 15) is 4.79 Å². The number of hydrogen-bond donors (Lipinski definition) is 1. The summed E-state index contributed by atoms with van der Waals surface area (Å²) in [5, 5.41) is 2.73. The summed E-state index contributed by atoms with van der Waals surface area (Å²) in [5.74, 6) is 0.479. The smallest absolute Gasteiger partial charge is 0.253 e. The number of amides is 1. The minimum Gasteiger partial charge on any atom is -0.481 e. The molecule has 0 aromatic heterocycles. The highest BCUT2D eigenvalue weighted by Crippen LogP contribution is 2.10. The largest absolute Gasteiger partial charge is 0.481 e. The van der Waals surface area contributed by atoms with Gasteiger partial charge in [0.1, 0.15) is 0 Å². The maximum absolute atomic E-state index is 11.9. The van der Waals surface area contributed by atoms with E-state index in [0.717, 1.165) is 12.0 Å². The van der Waals surface area contributed by atoms with Gasteiger partial charge in [-0.25, -0.2) is 0 Å². The van der Waals surface area contributed by atoms with E-state index < -0.39 is 0 Å². The van der Waals surface area contributed by atoms with Gasteiger partial charge in [-0.15, -0.1) is 0 Å². The fourth-order valence-electron chi connectivity index (χ4n) is 1.73. The molecule has 1 aromatic carbocycles. The minimum absolute atomic E-state index is 0.104. The third kappa shape index (κ3) is 6.09. The third-order valence-corrected chi connectivity index (χ3v) is 2.47. The third-order valence-electron chi connectivity index (χ3n) is 2.47. The predicted octanol–water partition coefficient (Wildman–Crippen LogP) is 3.51. The van der Waals surface area contributed by atoms with Crippen molar-refractivity contribution in [1.29, 1.82) is 0 Å². The molecule has 104 valence electrons. The summed E-state index contributed by atoms with van der Waals surface area (Å²) < 4.78 is 5.19. The van der Waals surface area contributed by atoms with Gasteiger partial charge in [0.05, 0.1) is 6.26 Å². The van der Waals surface area contributed by atoms with Crippen molar-refractivity contribution < 1.29 is 9.53 Å². The normalized spacial score (nSPS) is 10.2. The van der Waals surface area contributed by atoms with Crippen LogP contribution in [-0.4, -0.2) is 12.6 Å². The summed E-state index contributed by atoms with van der Waals surface area (Å²) in [6, 6.07) is 7.73. The molecule has 0 atom stereocenters. The monoisotopic (exact) mass is 261 g/mol. The lowest BCUT2D eigenvalue weighted by molar-refractivity contribution is 0.0898. The second-order valence-electron chi connectivity index (χ2n) is 5.31. The first-order valence-electron chi connectivity index (χ1n) is 6.61. The zero-order valence-electron chi connectivity index (χ0n) is 12.2. The van der Waals surface area contributed by atoms with Crippen LogP contribution in [0.4, 0.5) is 0 Å². The van der Waals surface area contributed by atoms with Crippen LogP contribution >= 0.6 is 0 Å². The maximum atomic E-state index is 11.9. The quantitative estimate of drug-likeness (QED) is 0.483. The van der Waals surface area contributed by atoms with Crippen LogP contribution in [0, 0.1) is 5.92 Å². The Balaban J connectivity index is 2.54. The summed E-state index contributed by atoms with van der Waals surface area (Å²) in [4.78, 5) is 11.9. The second kappa shape index (κ2) is 7.62. The number of nitrogens with one attached hydrogen (secondary N) is 1. The van der Waals surface area contributed by atoms with Gasteiger partial charge in [-0.05, 0) is 49.5 Å². The van der Waals surface area contributed by atoms with E-state index in [0.29, 0.717) is 11.5 Å². The van der Waals surface area contributed by atoms with Gasteiger partial charge in [-0.2, -0.15) is 0 Å². The van der Waals surface area contributed by atoms with E-state index in [1.54, 1.807) is 6.26 Å². The van der Waals surface area contributed by atoms with Crippen molar-refractivity contribution >= 4 is 5.91 Å². The van der Waals surface area contributed by atoms with Crippen molar-refractivity contribution in [3.63, 3.8) is 0 Å². The van der Waals surface area contributed by atoms with Crippen molar-refractivity contribution in [3.05, 3.63) is 47.2 Å². The highest BCUT2D eigenvalue weighted by atomic mass is 16.5. The van der Waals surface area contributed by atoms with Crippen LogP contribution in [0.25, 0.3) is 0 Å². The Bertz CT molecular complexity index is 446. The molecule has 1 amide bonds. The predicted molar refractivity (Wildman–Crippen MR) is 77.8 cm³/mol. The molecule has 0 heterocycles. The molecule has 19 heavy (non-hydrogen) atoms. The Labute approximate surface area is 115 Å². The molecule has 1 aromatic rings. The van der Waals surface area contributed by atoms with Crippen LogP contribution < -0.4 is 5.32 Å². The van der Waals surface area contributed by atoms with Gasteiger partial charge >= 0.3 is 0 Å². The fourth-order valence-corrected chi connectivity index (χ4v) is 1.73. The van der Waals surface area contributed by atoms with Crippen LogP contribution in [0.5, 0.6) is 0 Å². The summed E-state index contributed by atoms with van der Waals surface area (Å²) in [5.41, 5.74) is 2.93. The van der Waals surface area contributed by atoms with Gasteiger partial charge in [0.15, 0.2) is 6.73 Å². The number of rotatable bonds is 6. The number of hydrogen-bond acceptors (Lipinski definition) is 2. The zero-order chi connectivity index (χ0) is 14.3. The Kier molecular flexibility index (Phi) is 6.13. The zero-order valence-corrected chi connectivity index (χ0v) is 12.2. The maximum Gasteiger partial charge on any atom is 0.253 e. The Morgan fingerprint density at radius 1 is 1.37 bits per heavy atom. The SMILES string of the molecule is CC(C)=COCNC(=O)c1cccc(CC(C)C)c1. The molecule has 0 aliphatic rings. The lowest BCUT2D eigenvalue weighted by Crippen LogP contribution is -2.25. The molecule has 0 saturated heterocycles. The highest BCUT2D eigenvalue weighted by Gasteiger charge is 2.06. The molecule has 3 heteroatoms. The number of carbonyl (C=O) groups is 1. The van der Waals surface area contributed by atoms with Crippen molar-refractivity contribution in [2.75, 3.05) is 6.73 Å². The van der Waals surface area contributed by atoms with Crippen molar-refractivity contribution in [2.24, 2.45) is 5.92 Å². The van der Waals surface area contributed by atoms with Crippen molar-refractivity contribution in [3.8, 4) is 0 Å². The summed E-state index contributed by atoms with van der Waals surface area (Å²) in [6.07, 6.45) is 2.62. The molecular weight excluding hydrogens is 238 g/mol. The minimum atomic E-state index is -0.104. The molecule has 0 radical (unpaired) electrons. The fraction of sp³-hybridized carbons (Fsp3) is 0.438. The van der Waals surface area contributed by atoms with Gasteiger partial charge in [0, 0.05) is 5.56 Å². The first-order chi connectivity index (χ1) is 8.99. The van der Waals surface area contributed by atoms with Crippen LogP contribution in [-0.2, 0) is 11.2 Å². The van der Waals surface area contributed by atoms with Crippen molar-refractivity contribution in [2.45, 2.75) is 34.1 Å². The van der Waals surface area contributed by atoms with Crippen LogP contribution in [0.15, 0.2) is 36.1 Å². The van der Waals surface area contributed by atoms with E-state index >= 15 is 0 Å². The molecule has 1 N–H and O–H groups in total. The van der Waals surface area contributed by atoms with Gasteiger partial charge in [0.25, 0.3) is 5.91 Å². The molecule has 1 rings (SSSR count). The number of benzene rings is 1. The molecule has 0 bridgehead atoms. The molecule has 0 saturated carbocycles. The van der Waals surface area contributed by atoms with Crippen LogP contribution in [0.3, 0.4) is 0 Å². The molecule has 0 aliphatic heterocycles. The Morgan fingerprint density at radius 3 is 2.74 bits per heavy atom. The van der Waals surface area contributed by atoms with E-state index in [1.165, 1.54) is 5.56 Å². The summed E-state index contributed by atoms with van der Waals surface area (Å²) >= 11 is 0. The standard InChI is InChI=1S/C16H23NO2/c1-12(2)8-14-6-5-7-15(9-14)16(18)17-11-19-10-13(3)4/h5-7,9-10,12H,8,11H2,1-4H3,(H,17,18). The molecule has 0 spiro atoms. The van der Waals surface area contributed by atoms with Crippen LogP contribution in [0.1, 0.15) is 43.6 Å². The van der Waals surface area contributed by atoms with E-state index in [2.05, 4.69) is 25.2 Å². The highest BCUT2D eigenvalue weighted by molar-refractivity contribution is 5.94. The summed E-state index contributed by atoms with van der Waals surface area (Å²) in [6.45, 7) is 8.41. The number of allylic oxidation sites excluding steroid dienone is 1. The van der Waals surface area contributed by atoms with E-state index in [4.69, 9.17) is 4.74 Å². The number of ether oxygens (including phenoxy) is 1. The van der Waals surface area contributed by atoms with Crippen LogP contribution in [0.2, 0.25) is 0 Å². The first kappa shape index (κ1) is 15.3. The Morgan fingerprint density at radius 2 is 2.11 bits per heavy atom. The van der Waals surface area contributed by atoms with E-state index in [-0.39, 0.29) is 12.6 Å². The van der Waals surface area contributed by atoms with Gasteiger partial charge < -0.3 is 10.1 Å². The Hall–Kier alpha value is -1.77. The second-order valence-corrected chi connectivity index (χ2v) is 5.31. The van der Waals surface area contributed by atoms with E-state index in [1.807, 2.05) is 32.0 Å². The number of carbonyl (C=O) groups excluding carboxylic acids is 1. The molecule has 3 nitrogen and oxygen atoms in total. The molecule has 0 aliphatic carbocycles. The average molecular weight is 261 g/mol. The molecule has 0 fully saturated rings. The topological polar surface area (TPSA) is 38.3 Å². The molecular formula is C16H23NO2. The average Bonchev–Trinajstić information content (AvgIpc) is 2.33. The van der Waals surface area contributed by atoms with Gasteiger partial charge in [-0.1, -0.05) is 26.0 Å². The lowest BCUT2D eigenvalue weighted by atomic mass is 10.0. The van der Waals surface area contributed by atoms with Crippen molar-refractivity contribution in [1.82, 2.24) is 5.32 Å². The lowest BCUT2D eigenvalue weighted by Gasteiger charge is -2.08. The summed E-state index contributed by atoms with van der Waals surface area (Å²) in [7, 11) is 0.